The number of ether oxygens (including phenoxy) is 3. The molecule has 2 aromatic rings. The van der Waals surface area contributed by atoms with E-state index in [0.29, 0.717) is 37.7 Å². The summed E-state index contributed by atoms with van der Waals surface area (Å²) >= 11 is 1.62. The lowest BCUT2D eigenvalue weighted by Crippen LogP contribution is -2.33. The number of hydrogen-bond acceptors (Lipinski definition) is 7. The molecule has 0 fully saturated rings. The van der Waals surface area contributed by atoms with Gasteiger partial charge in [-0.3, -0.25) is 4.79 Å². The van der Waals surface area contributed by atoms with Crippen molar-refractivity contribution in [1.82, 2.24) is 10.6 Å². The van der Waals surface area contributed by atoms with Gasteiger partial charge in [0.25, 0.3) is 5.91 Å². The molecule has 1 aliphatic rings. The maximum absolute atomic E-state index is 11.9. The number of benzene rings is 2. The Morgan fingerprint density at radius 1 is 1.00 bits per heavy atom. The first-order chi connectivity index (χ1) is 16.2. The standard InChI is InChI=1S/C25H30N2O5S/c28-20(18-31-21-6-2-1-3-7-21)16-26-13-14-30-22-9-11-23(12-10-22)32-19-25(29)27-17-24-8-4-5-15-33-24/h1-3,5-12,15,20,26,28H,4,13-14,16-19H2,(H,27,29). The van der Waals surface area contributed by atoms with Crippen LogP contribution in [0.3, 0.4) is 0 Å². The number of thioether (sulfide) groups is 1. The molecule has 1 aliphatic heterocycles. The minimum atomic E-state index is -0.603. The van der Waals surface area contributed by atoms with E-state index in [1.807, 2.05) is 35.7 Å². The van der Waals surface area contributed by atoms with Crippen LogP contribution in [-0.4, -0.2) is 56.6 Å². The van der Waals surface area contributed by atoms with E-state index in [1.54, 1.807) is 36.0 Å². The van der Waals surface area contributed by atoms with Crippen molar-refractivity contribution in [2.75, 3.05) is 39.5 Å². The van der Waals surface area contributed by atoms with Crippen molar-refractivity contribution in [2.45, 2.75) is 12.5 Å². The number of aliphatic hydroxyl groups is 1. The molecule has 1 atom stereocenters. The largest absolute Gasteiger partial charge is 0.492 e. The highest BCUT2D eigenvalue weighted by molar-refractivity contribution is 8.05. The topological polar surface area (TPSA) is 89.1 Å². The van der Waals surface area contributed by atoms with E-state index in [-0.39, 0.29) is 19.1 Å². The number of allylic oxidation sites excluding steroid dienone is 2. The number of carbonyl (C=O) groups excluding carboxylic acids is 1. The Balaban J connectivity index is 1.23. The zero-order valence-corrected chi connectivity index (χ0v) is 19.3. The lowest BCUT2D eigenvalue weighted by Gasteiger charge is -2.14. The molecular formula is C25H30N2O5S. The van der Waals surface area contributed by atoms with Crippen LogP contribution in [-0.2, 0) is 4.79 Å². The highest BCUT2D eigenvalue weighted by Gasteiger charge is 2.07. The van der Waals surface area contributed by atoms with Gasteiger partial charge in [-0.25, -0.2) is 0 Å². The number of aliphatic hydroxyl groups excluding tert-OH is 1. The molecule has 1 amide bonds. The summed E-state index contributed by atoms with van der Waals surface area (Å²) in [6.07, 6.45) is 4.48. The second kappa shape index (κ2) is 14.3. The van der Waals surface area contributed by atoms with Gasteiger partial charge in [-0.05, 0) is 48.2 Å². The van der Waals surface area contributed by atoms with E-state index in [9.17, 15) is 9.90 Å². The third kappa shape index (κ3) is 10.0. The molecule has 33 heavy (non-hydrogen) atoms. The number of para-hydroxylation sites is 1. The van der Waals surface area contributed by atoms with Crippen molar-refractivity contribution in [2.24, 2.45) is 0 Å². The van der Waals surface area contributed by atoms with E-state index in [2.05, 4.69) is 22.8 Å². The predicted molar refractivity (Wildman–Crippen MR) is 131 cm³/mol. The van der Waals surface area contributed by atoms with Crippen LogP contribution >= 0.6 is 11.8 Å². The van der Waals surface area contributed by atoms with Gasteiger partial charge in [-0.15, -0.1) is 11.8 Å². The molecule has 1 unspecified atom stereocenters. The monoisotopic (exact) mass is 470 g/mol. The Kier molecular flexibility index (Phi) is 10.7. The lowest BCUT2D eigenvalue weighted by atomic mass is 10.3. The number of nitrogens with one attached hydrogen (secondary N) is 2. The maximum atomic E-state index is 11.9. The molecule has 0 aliphatic carbocycles. The van der Waals surface area contributed by atoms with Crippen molar-refractivity contribution in [3.8, 4) is 17.2 Å². The molecule has 0 saturated heterocycles. The predicted octanol–water partition coefficient (Wildman–Crippen LogP) is 3.12. The summed E-state index contributed by atoms with van der Waals surface area (Å²) in [5.74, 6) is 1.89. The smallest absolute Gasteiger partial charge is 0.258 e. The van der Waals surface area contributed by atoms with Crippen molar-refractivity contribution in [3.05, 3.63) is 77.1 Å². The zero-order chi connectivity index (χ0) is 23.1. The van der Waals surface area contributed by atoms with Crippen molar-refractivity contribution in [1.29, 1.82) is 0 Å². The van der Waals surface area contributed by atoms with Crippen LogP contribution in [0.4, 0.5) is 0 Å². The third-order valence-electron chi connectivity index (χ3n) is 4.56. The van der Waals surface area contributed by atoms with Crippen molar-refractivity contribution >= 4 is 17.7 Å². The minimum Gasteiger partial charge on any atom is -0.492 e. The fourth-order valence-corrected chi connectivity index (χ4v) is 3.58. The highest BCUT2D eigenvalue weighted by Crippen LogP contribution is 2.21. The molecule has 1 heterocycles. The van der Waals surface area contributed by atoms with E-state index >= 15 is 0 Å². The molecule has 0 saturated carbocycles. The van der Waals surface area contributed by atoms with Gasteiger partial charge in [0.05, 0.1) is 0 Å². The summed E-state index contributed by atoms with van der Waals surface area (Å²) in [6, 6.07) is 16.5. The van der Waals surface area contributed by atoms with Crippen LogP contribution in [0.15, 0.2) is 77.1 Å². The quantitative estimate of drug-likeness (QED) is 0.366. The molecule has 8 heteroatoms. The van der Waals surface area contributed by atoms with Crippen LogP contribution < -0.4 is 24.8 Å². The fraction of sp³-hybridized carbons (Fsp3) is 0.320. The Bertz CT molecular complexity index is 903. The first kappa shape index (κ1) is 24.7. The van der Waals surface area contributed by atoms with Crippen LogP contribution in [0.5, 0.6) is 17.2 Å². The third-order valence-corrected chi connectivity index (χ3v) is 5.51. The molecule has 0 radical (unpaired) electrons. The summed E-state index contributed by atoms with van der Waals surface area (Å²) in [5.41, 5.74) is 0. The van der Waals surface area contributed by atoms with Gasteiger partial charge in [-0.2, -0.15) is 0 Å². The summed E-state index contributed by atoms with van der Waals surface area (Å²) in [4.78, 5) is 13.1. The second-order valence-electron chi connectivity index (χ2n) is 7.26. The average molecular weight is 471 g/mol. The summed E-state index contributed by atoms with van der Waals surface area (Å²) in [5, 5.41) is 18.0. The van der Waals surface area contributed by atoms with Gasteiger partial charge >= 0.3 is 0 Å². The van der Waals surface area contributed by atoms with E-state index < -0.39 is 6.10 Å². The number of rotatable bonds is 14. The Morgan fingerprint density at radius 3 is 2.45 bits per heavy atom. The number of carbonyl (C=O) groups is 1. The van der Waals surface area contributed by atoms with Gasteiger partial charge in [0.2, 0.25) is 0 Å². The van der Waals surface area contributed by atoms with E-state index in [4.69, 9.17) is 14.2 Å². The van der Waals surface area contributed by atoms with Crippen LogP contribution in [0.1, 0.15) is 6.42 Å². The van der Waals surface area contributed by atoms with Gasteiger partial charge < -0.3 is 30.0 Å². The molecule has 3 rings (SSSR count). The minimum absolute atomic E-state index is 0.0335. The van der Waals surface area contributed by atoms with Crippen LogP contribution in [0.25, 0.3) is 0 Å². The molecule has 7 nitrogen and oxygen atoms in total. The van der Waals surface area contributed by atoms with Crippen molar-refractivity contribution in [3.63, 3.8) is 0 Å². The molecule has 0 spiro atoms. The van der Waals surface area contributed by atoms with Gasteiger partial charge in [0.15, 0.2) is 6.61 Å². The Labute approximate surface area is 198 Å². The highest BCUT2D eigenvalue weighted by atomic mass is 32.2. The molecular weight excluding hydrogens is 440 g/mol. The van der Waals surface area contributed by atoms with E-state index in [1.165, 1.54) is 0 Å². The molecule has 176 valence electrons. The molecule has 3 N–H and O–H groups in total. The molecule has 0 bridgehead atoms. The van der Waals surface area contributed by atoms with Gasteiger partial charge in [0.1, 0.15) is 36.6 Å². The van der Waals surface area contributed by atoms with Gasteiger partial charge in [-0.1, -0.05) is 30.4 Å². The summed E-state index contributed by atoms with van der Waals surface area (Å²) in [6.45, 7) is 2.18. The Morgan fingerprint density at radius 2 is 1.73 bits per heavy atom. The average Bonchev–Trinajstić information content (AvgIpc) is 2.87. The fourth-order valence-electron chi connectivity index (χ4n) is 2.85. The van der Waals surface area contributed by atoms with Crippen LogP contribution in [0.2, 0.25) is 0 Å². The normalized spacial score (nSPS) is 13.7. The van der Waals surface area contributed by atoms with E-state index in [0.717, 1.165) is 17.1 Å². The lowest BCUT2D eigenvalue weighted by molar-refractivity contribution is -0.122. The number of amides is 1. The Hall–Kier alpha value is -2.94. The van der Waals surface area contributed by atoms with Crippen molar-refractivity contribution < 1.29 is 24.1 Å². The maximum Gasteiger partial charge on any atom is 0.258 e. The molecule has 2 aromatic carbocycles. The second-order valence-corrected chi connectivity index (χ2v) is 8.30. The summed E-state index contributed by atoms with van der Waals surface area (Å²) < 4.78 is 16.7. The molecule has 0 aromatic heterocycles. The zero-order valence-electron chi connectivity index (χ0n) is 18.4. The summed E-state index contributed by atoms with van der Waals surface area (Å²) in [7, 11) is 0. The SMILES string of the molecule is O=C(COc1ccc(OCCNCC(O)COc2ccccc2)cc1)NCC1=CCC=CS1. The first-order valence-electron chi connectivity index (χ1n) is 10.9. The van der Waals surface area contributed by atoms with Gasteiger partial charge in [0, 0.05) is 24.5 Å². The first-order valence-corrected chi connectivity index (χ1v) is 11.8. The number of hydrogen-bond donors (Lipinski definition) is 3. The van der Waals surface area contributed by atoms with Crippen LogP contribution in [0, 0.1) is 0 Å².